The van der Waals surface area contributed by atoms with Crippen molar-refractivity contribution in [2.24, 2.45) is 5.73 Å². The van der Waals surface area contributed by atoms with E-state index in [4.69, 9.17) is 5.73 Å². The first kappa shape index (κ1) is 12.8. The van der Waals surface area contributed by atoms with Crippen LogP contribution in [0.15, 0.2) is 0 Å². The molecule has 0 aromatic rings. The molecule has 1 saturated carbocycles. The maximum absolute atomic E-state index is 12.4. The van der Waals surface area contributed by atoms with Crippen LogP contribution in [0.4, 0.5) is 8.78 Å². The lowest BCUT2D eigenvalue weighted by molar-refractivity contribution is 0.0628. The van der Waals surface area contributed by atoms with Gasteiger partial charge in [-0.25, -0.2) is 8.78 Å². The largest absolute Gasteiger partial charge is 0.329 e. The van der Waals surface area contributed by atoms with Gasteiger partial charge in [-0.1, -0.05) is 25.7 Å². The zero-order chi connectivity index (χ0) is 11.1. The normalized spacial score (nSPS) is 19.8. The standard InChI is InChI=1S/C11H22F2N2/c12-11(13)9-15(8-7-14)10-5-3-1-2-4-6-10/h10-11H,1-9,14H2. The van der Waals surface area contributed by atoms with Crippen molar-refractivity contribution in [3.8, 4) is 0 Å². The Hall–Kier alpha value is -0.220. The lowest BCUT2D eigenvalue weighted by atomic mass is 10.1. The maximum atomic E-state index is 12.4. The Morgan fingerprint density at radius 2 is 1.73 bits per heavy atom. The van der Waals surface area contributed by atoms with E-state index in [-0.39, 0.29) is 6.54 Å². The molecule has 1 fully saturated rings. The van der Waals surface area contributed by atoms with Crippen LogP contribution in [0.2, 0.25) is 0 Å². The van der Waals surface area contributed by atoms with Crippen LogP contribution in [-0.2, 0) is 0 Å². The molecule has 0 saturated heterocycles. The second kappa shape index (κ2) is 7.12. The third-order valence-electron chi connectivity index (χ3n) is 3.13. The minimum absolute atomic E-state index is 0.109. The zero-order valence-corrected chi connectivity index (χ0v) is 9.30. The number of nitrogens with zero attached hydrogens (tertiary/aromatic N) is 1. The van der Waals surface area contributed by atoms with Gasteiger partial charge in [0.15, 0.2) is 0 Å². The summed E-state index contributed by atoms with van der Waals surface area (Å²) in [4.78, 5) is 1.88. The molecule has 1 aliphatic carbocycles. The van der Waals surface area contributed by atoms with E-state index in [0.717, 1.165) is 12.8 Å². The summed E-state index contributed by atoms with van der Waals surface area (Å²) in [5.74, 6) is 0. The Bertz CT molecular complexity index is 157. The van der Waals surface area contributed by atoms with E-state index in [1.54, 1.807) is 0 Å². The average molecular weight is 220 g/mol. The molecular weight excluding hydrogens is 198 g/mol. The Labute approximate surface area is 90.8 Å². The first-order valence-corrected chi connectivity index (χ1v) is 5.96. The molecule has 1 aliphatic rings. The molecule has 4 heteroatoms. The monoisotopic (exact) mass is 220 g/mol. The van der Waals surface area contributed by atoms with Crippen molar-refractivity contribution in [3.63, 3.8) is 0 Å². The minimum atomic E-state index is -2.24. The first-order chi connectivity index (χ1) is 7.24. The summed E-state index contributed by atoms with van der Waals surface area (Å²) in [5, 5.41) is 0. The van der Waals surface area contributed by atoms with Crippen molar-refractivity contribution < 1.29 is 8.78 Å². The SMILES string of the molecule is NCCN(CC(F)F)C1CCCCCC1. The molecule has 0 amide bonds. The van der Waals surface area contributed by atoms with E-state index < -0.39 is 6.43 Å². The van der Waals surface area contributed by atoms with E-state index >= 15 is 0 Å². The van der Waals surface area contributed by atoms with Crippen molar-refractivity contribution in [3.05, 3.63) is 0 Å². The van der Waals surface area contributed by atoms with Gasteiger partial charge in [0.25, 0.3) is 6.43 Å². The van der Waals surface area contributed by atoms with Crippen molar-refractivity contribution in [1.29, 1.82) is 0 Å². The quantitative estimate of drug-likeness (QED) is 0.720. The molecule has 0 unspecified atom stereocenters. The van der Waals surface area contributed by atoms with E-state index in [0.29, 0.717) is 19.1 Å². The van der Waals surface area contributed by atoms with Crippen LogP contribution in [0.3, 0.4) is 0 Å². The molecule has 2 N–H and O–H groups in total. The Kier molecular flexibility index (Phi) is 6.10. The van der Waals surface area contributed by atoms with E-state index in [1.165, 1.54) is 25.7 Å². The van der Waals surface area contributed by atoms with Gasteiger partial charge in [0.05, 0.1) is 6.54 Å². The molecule has 0 spiro atoms. The Morgan fingerprint density at radius 3 is 2.20 bits per heavy atom. The van der Waals surface area contributed by atoms with E-state index in [1.807, 2.05) is 4.90 Å². The summed E-state index contributed by atoms with van der Waals surface area (Å²) >= 11 is 0. The van der Waals surface area contributed by atoms with Gasteiger partial charge in [-0.05, 0) is 12.8 Å². The number of hydrogen-bond acceptors (Lipinski definition) is 2. The summed E-state index contributed by atoms with van der Waals surface area (Å²) in [6.45, 7) is 0.972. The molecule has 1 rings (SSSR count). The molecule has 0 aromatic heterocycles. The molecule has 0 atom stereocenters. The number of alkyl halides is 2. The summed E-state index contributed by atoms with van der Waals surface area (Å²) in [6.07, 6.45) is 4.74. The van der Waals surface area contributed by atoms with Crippen LogP contribution >= 0.6 is 0 Å². The fraction of sp³-hybridized carbons (Fsp3) is 1.00. The van der Waals surface area contributed by atoms with Gasteiger partial charge in [0, 0.05) is 19.1 Å². The highest BCUT2D eigenvalue weighted by Crippen LogP contribution is 2.22. The molecule has 0 radical (unpaired) electrons. The summed E-state index contributed by atoms with van der Waals surface area (Å²) < 4.78 is 24.8. The highest BCUT2D eigenvalue weighted by Gasteiger charge is 2.21. The van der Waals surface area contributed by atoms with Gasteiger partial charge in [0.2, 0.25) is 0 Å². The second-order valence-electron chi connectivity index (χ2n) is 4.32. The number of nitrogens with two attached hydrogens (primary N) is 1. The molecule has 0 heterocycles. The predicted octanol–water partition coefficient (Wildman–Crippen LogP) is 2.24. The van der Waals surface area contributed by atoms with Gasteiger partial charge >= 0.3 is 0 Å². The van der Waals surface area contributed by atoms with Gasteiger partial charge in [-0.3, -0.25) is 4.90 Å². The van der Waals surface area contributed by atoms with Crippen LogP contribution in [0.5, 0.6) is 0 Å². The molecule has 15 heavy (non-hydrogen) atoms. The van der Waals surface area contributed by atoms with Gasteiger partial charge in [-0.15, -0.1) is 0 Å². The summed E-state index contributed by atoms with van der Waals surface area (Å²) in [5.41, 5.74) is 5.46. The third kappa shape index (κ3) is 4.89. The smallest absolute Gasteiger partial charge is 0.251 e. The van der Waals surface area contributed by atoms with Gasteiger partial charge in [0.1, 0.15) is 0 Å². The molecule has 0 aliphatic heterocycles. The third-order valence-corrected chi connectivity index (χ3v) is 3.13. The highest BCUT2D eigenvalue weighted by atomic mass is 19.3. The van der Waals surface area contributed by atoms with Crippen molar-refractivity contribution in [2.75, 3.05) is 19.6 Å². The predicted molar refractivity (Wildman–Crippen MR) is 58.1 cm³/mol. The van der Waals surface area contributed by atoms with Crippen molar-refractivity contribution in [2.45, 2.75) is 51.0 Å². The average Bonchev–Trinajstić information content (AvgIpc) is 2.44. The van der Waals surface area contributed by atoms with Crippen LogP contribution in [0, 0.1) is 0 Å². The van der Waals surface area contributed by atoms with E-state index in [9.17, 15) is 8.78 Å². The lowest BCUT2D eigenvalue weighted by Gasteiger charge is -2.30. The first-order valence-electron chi connectivity index (χ1n) is 5.96. The van der Waals surface area contributed by atoms with Gasteiger partial charge in [-0.2, -0.15) is 0 Å². The lowest BCUT2D eigenvalue weighted by Crippen LogP contribution is -2.41. The summed E-state index contributed by atoms with van der Waals surface area (Å²) in [6, 6.07) is 0.338. The molecule has 90 valence electrons. The topological polar surface area (TPSA) is 29.3 Å². The number of halogens is 2. The minimum Gasteiger partial charge on any atom is -0.329 e. The second-order valence-corrected chi connectivity index (χ2v) is 4.32. The van der Waals surface area contributed by atoms with Crippen LogP contribution in [0.1, 0.15) is 38.5 Å². The fourth-order valence-electron chi connectivity index (χ4n) is 2.39. The van der Waals surface area contributed by atoms with Crippen molar-refractivity contribution >= 4 is 0 Å². The summed E-state index contributed by atoms with van der Waals surface area (Å²) in [7, 11) is 0. The maximum Gasteiger partial charge on any atom is 0.251 e. The zero-order valence-electron chi connectivity index (χ0n) is 9.30. The molecule has 0 aromatic carbocycles. The van der Waals surface area contributed by atoms with E-state index in [2.05, 4.69) is 0 Å². The van der Waals surface area contributed by atoms with Crippen LogP contribution in [-0.4, -0.2) is 37.0 Å². The fourth-order valence-corrected chi connectivity index (χ4v) is 2.39. The number of hydrogen-bond donors (Lipinski definition) is 1. The van der Waals surface area contributed by atoms with Crippen molar-refractivity contribution in [1.82, 2.24) is 4.90 Å². The van der Waals surface area contributed by atoms with Gasteiger partial charge < -0.3 is 5.73 Å². The Balaban J connectivity index is 2.44. The number of rotatable bonds is 5. The van der Waals surface area contributed by atoms with Crippen LogP contribution < -0.4 is 5.73 Å². The Morgan fingerprint density at radius 1 is 1.13 bits per heavy atom. The highest BCUT2D eigenvalue weighted by molar-refractivity contribution is 4.75. The molecule has 2 nitrogen and oxygen atoms in total. The molecular formula is C11H22F2N2. The van der Waals surface area contributed by atoms with Crippen LogP contribution in [0.25, 0.3) is 0 Å². The molecule has 0 bridgehead atoms.